The summed E-state index contributed by atoms with van der Waals surface area (Å²) in [5.41, 5.74) is 2.61. The maximum atomic E-state index is 13.0. The highest BCUT2D eigenvalue weighted by molar-refractivity contribution is 5.97. The van der Waals surface area contributed by atoms with Crippen molar-refractivity contribution in [1.82, 2.24) is 19.4 Å². The van der Waals surface area contributed by atoms with E-state index in [9.17, 15) is 4.79 Å². The Bertz CT molecular complexity index is 804. The molecule has 1 aromatic heterocycles. The summed E-state index contributed by atoms with van der Waals surface area (Å²) in [6, 6.07) is 6.50. The van der Waals surface area contributed by atoms with Gasteiger partial charge in [-0.2, -0.15) is 0 Å². The minimum atomic E-state index is 0.0853. The van der Waals surface area contributed by atoms with Crippen LogP contribution in [0.1, 0.15) is 44.0 Å². The highest BCUT2D eigenvalue weighted by Crippen LogP contribution is 2.23. The van der Waals surface area contributed by atoms with E-state index in [-0.39, 0.29) is 5.91 Å². The van der Waals surface area contributed by atoms with Crippen LogP contribution in [0.25, 0.3) is 11.0 Å². The summed E-state index contributed by atoms with van der Waals surface area (Å²) >= 11 is 0. The number of hydrogen-bond acceptors (Lipinski definition) is 4. The first kappa shape index (κ1) is 19.7. The monoisotopic (exact) mass is 371 g/mol. The number of anilines is 1. The number of rotatable bonds is 5. The normalized spacial score (nSPS) is 17.4. The zero-order chi connectivity index (χ0) is 19.7. The lowest BCUT2D eigenvalue weighted by atomic mass is 10.0. The summed E-state index contributed by atoms with van der Waals surface area (Å²) in [4.78, 5) is 22.0. The van der Waals surface area contributed by atoms with Crippen molar-refractivity contribution in [1.29, 1.82) is 0 Å². The molecule has 1 aliphatic rings. The zero-order valence-electron chi connectivity index (χ0n) is 17.5. The first-order valence-electron chi connectivity index (χ1n) is 9.96. The van der Waals surface area contributed by atoms with E-state index in [2.05, 4.69) is 42.6 Å². The fourth-order valence-corrected chi connectivity index (χ4v) is 3.58. The Balaban J connectivity index is 1.80. The number of nitrogens with zero attached hydrogens (tertiary/aromatic N) is 4. The number of fused-ring (bicyclic) bond motifs is 1. The van der Waals surface area contributed by atoms with Crippen LogP contribution in [0.15, 0.2) is 18.2 Å². The highest BCUT2D eigenvalue weighted by Gasteiger charge is 2.25. The first-order chi connectivity index (χ1) is 12.8. The minimum Gasteiger partial charge on any atom is -0.353 e. The lowest BCUT2D eigenvalue weighted by Crippen LogP contribution is -2.44. The van der Waals surface area contributed by atoms with E-state index >= 15 is 0 Å². The first-order valence-corrected chi connectivity index (χ1v) is 9.96. The third-order valence-corrected chi connectivity index (χ3v) is 6.04. The molecule has 3 rings (SSSR count). The van der Waals surface area contributed by atoms with E-state index in [0.29, 0.717) is 23.6 Å². The summed E-state index contributed by atoms with van der Waals surface area (Å²) in [5.74, 6) is 1.45. The van der Waals surface area contributed by atoms with Gasteiger partial charge in [0.1, 0.15) is 0 Å². The molecule has 27 heavy (non-hydrogen) atoms. The van der Waals surface area contributed by atoms with Gasteiger partial charge in [-0.1, -0.05) is 13.8 Å². The van der Waals surface area contributed by atoms with E-state index in [1.165, 1.54) is 0 Å². The number of hydrogen-bond donors (Lipinski definition) is 1. The van der Waals surface area contributed by atoms with Crippen LogP contribution >= 0.6 is 0 Å². The lowest BCUT2D eigenvalue weighted by Gasteiger charge is -2.35. The summed E-state index contributed by atoms with van der Waals surface area (Å²) in [7, 11) is 6.08. The van der Waals surface area contributed by atoms with Gasteiger partial charge in [0, 0.05) is 31.7 Å². The van der Waals surface area contributed by atoms with Gasteiger partial charge in [-0.15, -0.1) is 0 Å². The molecule has 1 N–H and O–H groups in total. The van der Waals surface area contributed by atoms with Gasteiger partial charge in [0.15, 0.2) is 0 Å². The van der Waals surface area contributed by atoms with E-state index in [4.69, 9.17) is 4.98 Å². The number of benzene rings is 1. The smallest absolute Gasteiger partial charge is 0.253 e. The second-order valence-electron chi connectivity index (χ2n) is 8.33. The SMILES string of the molecule is CC(C)[C@@H](C)Nc1nc2cc(C(=O)N(C)C3CCN(C)CC3)ccc2n1C. The highest BCUT2D eigenvalue weighted by atomic mass is 16.2. The van der Waals surface area contributed by atoms with Gasteiger partial charge < -0.3 is 19.7 Å². The molecule has 1 atom stereocenters. The Hall–Kier alpha value is -2.08. The summed E-state index contributed by atoms with van der Waals surface area (Å²) in [6.45, 7) is 8.64. The number of carbonyl (C=O) groups is 1. The molecular formula is C21H33N5O. The van der Waals surface area contributed by atoms with Crippen LogP contribution in [0.2, 0.25) is 0 Å². The fraction of sp³-hybridized carbons (Fsp3) is 0.619. The van der Waals surface area contributed by atoms with Crippen molar-refractivity contribution >= 4 is 22.9 Å². The van der Waals surface area contributed by atoms with Crippen molar-refractivity contribution < 1.29 is 4.79 Å². The van der Waals surface area contributed by atoms with Gasteiger partial charge in [0.2, 0.25) is 5.95 Å². The van der Waals surface area contributed by atoms with Gasteiger partial charge in [0.05, 0.1) is 11.0 Å². The molecule has 6 nitrogen and oxygen atoms in total. The molecule has 1 aliphatic heterocycles. The number of likely N-dealkylation sites (tertiary alicyclic amines) is 1. The van der Waals surface area contributed by atoms with Crippen LogP contribution in [0.5, 0.6) is 0 Å². The Morgan fingerprint density at radius 2 is 1.89 bits per heavy atom. The van der Waals surface area contributed by atoms with E-state index in [1.807, 2.05) is 37.2 Å². The number of carbonyl (C=O) groups excluding carboxylic acids is 1. The number of nitrogens with one attached hydrogen (secondary N) is 1. The van der Waals surface area contributed by atoms with Gasteiger partial charge in [-0.25, -0.2) is 4.98 Å². The van der Waals surface area contributed by atoms with Crippen molar-refractivity contribution in [3.05, 3.63) is 23.8 Å². The molecule has 2 heterocycles. The van der Waals surface area contributed by atoms with Gasteiger partial charge >= 0.3 is 0 Å². The van der Waals surface area contributed by atoms with Gasteiger partial charge in [0.25, 0.3) is 5.91 Å². The molecule has 1 fully saturated rings. The third-order valence-electron chi connectivity index (χ3n) is 6.04. The number of aryl methyl sites for hydroxylation is 1. The van der Waals surface area contributed by atoms with Crippen molar-refractivity contribution in [2.75, 3.05) is 32.5 Å². The molecule has 2 aromatic rings. The van der Waals surface area contributed by atoms with Crippen LogP contribution in [-0.4, -0.2) is 64.5 Å². The van der Waals surface area contributed by atoms with E-state index in [1.54, 1.807) is 0 Å². The van der Waals surface area contributed by atoms with Crippen molar-refractivity contribution in [3.8, 4) is 0 Å². The van der Waals surface area contributed by atoms with E-state index < -0.39 is 0 Å². The number of piperidine rings is 1. The van der Waals surface area contributed by atoms with Crippen LogP contribution in [0.4, 0.5) is 5.95 Å². The summed E-state index contributed by atoms with van der Waals surface area (Å²) < 4.78 is 2.06. The average Bonchev–Trinajstić information content (AvgIpc) is 2.96. The van der Waals surface area contributed by atoms with Crippen molar-refractivity contribution in [2.24, 2.45) is 13.0 Å². The van der Waals surface area contributed by atoms with Crippen LogP contribution < -0.4 is 5.32 Å². The summed E-state index contributed by atoms with van der Waals surface area (Å²) in [5, 5.41) is 3.48. The Labute approximate surface area is 162 Å². The quantitative estimate of drug-likeness (QED) is 0.877. The minimum absolute atomic E-state index is 0.0853. The Morgan fingerprint density at radius 1 is 1.22 bits per heavy atom. The molecule has 6 heteroatoms. The standard InChI is InChI=1S/C21H33N5O/c1-14(2)15(3)22-21-23-18-13-16(7-8-19(18)26(21)6)20(27)25(5)17-9-11-24(4)12-10-17/h7-8,13-15,17H,9-12H2,1-6H3,(H,22,23)/t15-/m1/s1. The maximum absolute atomic E-state index is 13.0. The molecule has 0 saturated carbocycles. The molecule has 0 aliphatic carbocycles. The number of aromatic nitrogens is 2. The predicted octanol–water partition coefficient (Wildman–Crippen LogP) is 3.20. The third kappa shape index (κ3) is 4.10. The van der Waals surface area contributed by atoms with E-state index in [0.717, 1.165) is 42.9 Å². The van der Waals surface area contributed by atoms with Gasteiger partial charge in [-0.05, 0) is 64.0 Å². The molecule has 0 unspecified atom stereocenters. The maximum Gasteiger partial charge on any atom is 0.253 e. The van der Waals surface area contributed by atoms with Crippen LogP contribution in [0.3, 0.4) is 0 Å². The molecule has 0 radical (unpaired) electrons. The topological polar surface area (TPSA) is 53.4 Å². The predicted molar refractivity (Wildman–Crippen MR) is 111 cm³/mol. The average molecular weight is 372 g/mol. The zero-order valence-corrected chi connectivity index (χ0v) is 17.5. The largest absolute Gasteiger partial charge is 0.353 e. The fourth-order valence-electron chi connectivity index (χ4n) is 3.58. The molecular weight excluding hydrogens is 338 g/mol. The van der Waals surface area contributed by atoms with Crippen molar-refractivity contribution in [3.63, 3.8) is 0 Å². The van der Waals surface area contributed by atoms with Gasteiger partial charge in [-0.3, -0.25) is 4.79 Å². The molecule has 1 amide bonds. The molecule has 148 valence electrons. The molecule has 0 spiro atoms. The Morgan fingerprint density at radius 3 is 2.52 bits per heavy atom. The molecule has 1 saturated heterocycles. The number of imidazole rings is 1. The second kappa shape index (κ2) is 7.89. The number of amides is 1. The lowest BCUT2D eigenvalue weighted by molar-refractivity contribution is 0.0659. The molecule has 0 bridgehead atoms. The Kier molecular flexibility index (Phi) is 5.75. The summed E-state index contributed by atoms with van der Waals surface area (Å²) in [6.07, 6.45) is 2.07. The second-order valence-corrected chi connectivity index (χ2v) is 8.33. The molecule has 1 aromatic carbocycles. The van der Waals surface area contributed by atoms with Crippen molar-refractivity contribution in [2.45, 2.75) is 45.7 Å². The van der Waals surface area contributed by atoms with Crippen LogP contribution in [0, 0.1) is 5.92 Å². The van der Waals surface area contributed by atoms with Crippen LogP contribution in [-0.2, 0) is 7.05 Å².